The van der Waals surface area contributed by atoms with Gasteiger partial charge in [0, 0.05) is 50.5 Å². The molecule has 0 unspecified atom stereocenters. The van der Waals surface area contributed by atoms with Crippen LogP contribution in [0.1, 0.15) is 79.0 Å². The molecule has 5 heteroatoms. The number of benzene rings is 9. The standard InChI is InChI=1S/C72H64N4O/c1-70(2,3)52-36-37-64(57(43-52)49-24-15-11-16-25-49)76-65-31-21-29-56(66(65)74-69(76)60-44-53(71(4,5)6)45-61(68(60)77)72(7,8)9)59-41-51(40-58-55-28-19-20-30-63(55)75(67(58)59)54-26-17-12-18-27-54)62-42-50(38-39-73-62)48-34-32-47(33-35-48)46-22-13-10-14-23-46/h10-45,77H,1-9H3. The van der Waals surface area contributed by atoms with Gasteiger partial charge in [0.15, 0.2) is 0 Å². The Morgan fingerprint density at radius 2 is 0.987 bits per heavy atom. The highest BCUT2D eigenvalue weighted by Crippen LogP contribution is 2.48. The van der Waals surface area contributed by atoms with E-state index in [1.165, 1.54) is 16.7 Å². The number of hydrogen-bond donors (Lipinski definition) is 1. The minimum Gasteiger partial charge on any atom is -0.507 e. The Balaban J connectivity index is 1.18. The van der Waals surface area contributed by atoms with Crippen molar-refractivity contribution in [3.8, 4) is 84.3 Å². The lowest BCUT2D eigenvalue weighted by atomic mass is 9.79. The molecule has 3 heterocycles. The van der Waals surface area contributed by atoms with Gasteiger partial charge in [-0.25, -0.2) is 4.98 Å². The minimum absolute atomic E-state index is 0.106. The average Bonchev–Trinajstić information content (AvgIpc) is 4.02. The van der Waals surface area contributed by atoms with Crippen molar-refractivity contribution in [2.24, 2.45) is 0 Å². The second-order valence-electron chi connectivity index (χ2n) is 23.7. The van der Waals surface area contributed by atoms with Crippen molar-refractivity contribution in [1.29, 1.82) is 0 Å². The van der Waals surface area contributed by atoms with Crippen molar-refractivity contribution in [2.45, 2.75) is 78.6 Å². The van der Waals surface area contributed by atoms with Crippen LogP contribution in [0.4, 0.5) is 0 Å². The first kappa shape index (κ1) is 49.1. The monoisotopic (exact) mass is 1000 g/mol. The van der Waals surface area contributed by atoms with E-state index in [2.05, 4.69) is 284 Å². The first-order valence-electron chi connectivity index (χ1n) is 26.9. The first-order chi connectivity index (χ1) is 37.0. The molecule has 0 saturated heterocycles. The van der Waals surface area contributed by atoms with Gasteiger partial charge in [0.25, 0.3) is 0 Å². The number of rotatable bonds is 8. The Kier molecular flexibility index (Phi) is 12.0. The van der Waals surface area contributed by atoms with Crippen LogP contribution in [0, 0.1) is 0 Å². The lowest BCUT2D eigenvalue weighted by Crippen LogP contribution is -2.17. The number of hydrogen-bond acceptors (Lipinski definition) is 3. The van der Waals surface area contributed by atoms with Crippen molar-refractivity contribution in [3.05, 3.63) is 235 Å². The molecule has 0 amide bonds. The molecule has 12 rings (SSSR count). The van der Waals surface area contributed by atoms with Gasteiger partial charge < -0.3 is 9.67 Å². The van der Waals surface area contributed by atoms with Gasteiger partial charge in [-0.05, 0) is 122 Å². The van der Waals surface area contributed by atoms with E-state index in [1.807, 2.05) is 6.20 Å². The molecule has 0 aliphatic rings. The van der Waals surface area contributed by atoms with Crippen LogP contribution < -0.4 is 0 Å². The predicted molar refractivity (Wildman–Crippen MR) is 324 cm³/mol. The summed E-state index contributed by atoms with van der Waals surface area (Å²) in [5.74, 6) is 0.913. The smallest absolute Gasteiger partial charge is 0.149 e. The van der Waals surface area contributed by atoms with E-state index in [0.717, 1.165) is 100.0 Å². The normalized spacial score (nSPS) is 12.3. The molecule has 5 nitrogen and oxygen atoms in total. The average molecular weight is 1000 g/mol. The fraction of sp³-hybridized carbons (Fsp3) is 0.167. The minimum atomic E-state index is -0.362. The van der Waals surface area contributed by atoms with Gasteiger partial charge in [-0.3, -0.25) is 9.55 Å². The van der Waals surface area contributed by atoms with Crippen LogP contribution in [0.15, 0.2) is 219 Å². The summed E-state index contributed by atoms with van der Waals surface area (Å²) >= 11 is 0. The number of nitrogens with zero attached hydrogens (tertiary/aromatic N) is 4. The number of aromatic nitrogens is 4. The molecule has 0 aliphatic heterocycles. The molecule has 9 aromatic carbocycles. The second kappa shape index (κ2) is 18.8. The number of para-hydroxylation sites is 3. The fourth-order valence-electron chi connectivity index (χ4n) is 11.1. The summed E-state index contributed by atoms with van der Waals surface area (Å²) in [5.41, 5.74) is 19.9. The highest BCUT2D eigenvalue weighted by molar-refractivity contribution is 6.17. The van der Waals surface area contributed by atoms with E-state index < -0.39 is 0 Å². The van der Waals surface area contributed by atoms with E-state index in [-0.39, 0.29) is 22.0 Å². The van der Waals surface area contributed by atoms with Crippen LogP contribution in [-0.2, 0) is 16.2 Å². The van der Waals surface area contributed by atoms with Gasteiger partial charge in [0.05, 0.1) is 39.0 Å². The largest absolute Gasteiger partial charge is 0.507 e. The summed E-state index contributed by atoms with van der Waals surface area (Å²) < 4.78 is 4.72. The third-order valence-corrected chi connectivity index (χ3v) is 15.4. The summed E-state index contributed by atoms with van der Waals surface area (Å²) in [6, 6.07) is 76.2. The van der Waals surface area contributed by atoms with Crippen LogP contribution in [-0.4, -0.2) is 24.2 Å². The second-order valence-corrected chi connectivity index (χ2v) is 23.7. The Hall–Kier alpha value is -8.80. The van der Waals surface area contributed by atoms with E-state index >= 15 is 0 Å². The summed E-state index contributed by atoms with van der Waals surface area (Å²) in [6.07, 6.45) is 1.93. The first-order valence-corrected chi connectivity index (χ1v) is 26.9. The molecular formula is C72H64N4O. The van der Waals surface area contributed by atoms with Crippen molar-refractivity contribution in [3.63, 3.8) is 0 Å². The number of aromatic hydroxyl groups is 1. The zero-order valence-electron chi connectivity index (χ0n) is 45.5. The van der Waals surface area contributed by atoms with E-state index in [4.69, 9.17) is 9.97 Å². The quantitative estimate of drug-likeness (QED) is 0.165. The number of imidazole rings is 1. The van der Waals surface area contributed by atoms with Crippen LogP contribution in [0.2, 0.25) is 0 Å². The van der Waals surface area contributed by atoms with Crippen molar-refractivity contribution in [1.82, 2.24) is 19.1 Å². The molecule has 0 bridgehead atoms. The highest BCUT2D eigenvalue weighted by atomic mass is 16.3. The van der Waals surface area contributed by atoms with E-state index in [9.17, 15) is 5.11 Å². The number of fused-ring (bicyclic) bond motifs is 4. The molecule has 0 atom stereocenters. The molecule has 0 spiro atoms. The van der Waals surface area contributed by atoms with Gasteiger partial charge in [0.1, 0.15) is 11.6 Å². The summed E-state index contributed by atoms with van der Waals surface area (Å²) in [7, 11) is 0. The van der Waals surface area contributed by atoms with Crippen molar-refractivity contribution < 1.29 is 5.11 Å². The maximum absolute atomic E-state index is 12.8. The highest BCUT2D eigenvalue weighted by Gasteiger charge is 2.30. The van der Waals surface area contributed by atoms with Crippen LogP contribution in [0.25, 0.3) is 111 Å². The molecule has 3 aromatic heterocycles. The van der Waals surface area contributed by atoms with Crippen LogP contribution >= 0.6 is 0 Å². The molecule has 77 heavy (non-hydrogen) atoms. The van der Waals surface area contributed by atoms with Gasteiger partial charge in [-0.1, -0.05) is 208 Å². The fourth-order valence-corrected chi connectivity index (χ4v) is 11.1. The maximum atomic E-state index is 12.8. The van der Waals surface area contributed by atoms with Gasteiger partial charge in [-0.15, -0.1) is 0 Å². The summed E-state index contributed by atoms with van der Waals surface area (Å²) in [5, 5.41) is 15.1. The van der Waals surface area contributed by atoms with Crippen LogP contribution in [0.5, 0.6) is 5.75 Å². The lowest BCUT2D eigenvalue weighted by molar-refractivity contribution is 0.446. The summed E-state index contributed by atoms with van der Waals surface area (Å²) in [4.78, 5) is 11.0. The molecule has 0 saturated carbocycles. The Labute approximate surface area is 452 Å². The number of phenolic OH excluding ortho intramolecular Hbond substituents is 1. The molecule has 1 N–H and O–H groups in total. The van der Waals surface area contributed by atoms with Gasteiger partial charge in [0.2, 0.25) is 0 Å². The van der Waals surface area contributed by atoms with Gasteiger partial charge >= 0.3 is 0 Å². The van der Waals surface area contributed by atoms with E-state index in [0.29, 0.717) is 11.4 Å². The number of pyridine rings is 1. The molecule has 0 fully saturated rings. The molecular weight excluding hydrogens is 937 g/mol. The van der Waals surface area contributed by atoms with E-state index in [1.54, 1.807) is 0 Å². The Bertz CT molecular complexity index is 4180. The van der Waals surface area contributed by atoms with Crippen molar-refractivity contribution in [2.75, 3.05) is 0 Å². The zero-order valence-corrected chi connectivity index (χ0v) is 45.5. The summed E-state index contributed by atoms with van der Waals surface area (Å²) in [6.45, 7) is 20.1. The topological polar surface area (TPSA) is 55.9 Å². The third-order valence-electron chi connectivity index (χ3n) is 15.4. The lowest BCUT2D eigenvalue weighted by Gasteiger charge is -2.28. The Morgan fingerprint density at radius 1 is 0.390 bits per heavy atom. The predicted octanol–water partition coefficient (Wildman–Crippen LogP) is 19.1. The maximum Gasteiger partial charge on any atom is 0.149 e. The molecule has 0 aliphatic carbocycles. The SMILES string of the molecule is CC(C)(C)c1ccc(-n2c(-c3cc(C(C)(C)C)cc(C(C)(C)C)c3O)nc3c(-c4cc(-c5cc(-c6ccc(-c7ccccc7)cc6)ccn5)cc5c6ccccc6n(-c6ccccc6)c45)cccc32)c(-c2ccccc2)c1. The zero-order chi connectivity index (χ0) is 53.4. The Morgan fingerprint density at radius 3 is 1.66 bits per heavy atom. The number of phenols is 1. The van der Waals surface area contributed by atoms with Crippen molar-refractivity contribution >= 4 is 32.8 Å². The van der Waals surface area contributed by atoms with Gasteiger partial charge in [-0.2, -0.15) is 0 Å². The van der Waals surface area contributed by atoms with Crippen LogP contribution in [0.3, 0.4) is 0 Å². The molecule has 12 aromatic rings. The molecule has 0 radical (unpaired) electrons. The third kappa shape index (κ3) is 8.90. The molecule has 378 valence electrons.